The molecule has 0 nitrogen and oxygen atoms in total. The molecule has 80 valence electrons. The molecule has 0 spiro atoms. The summed E-state index contributed by atoms with van der Waals surface area (Å²) in [5.41, 5.74) is 0. The van der Waals surface area contributed by atoms with Gasteiger partial charge in [0.1, 0.15) is 11.6 Å². The molecule has 0 N–H and O–H groups in total. The first-order valence-electron chi connectivity index (χ1n) is 4.57. The third-order valence-corrected chi connectivity index (χ3v) is 2.68. The lowest BCUT2D eigenvalue weighted by Gasteiger charge is -2.09. The number of benzene rings is 4. The van der Waals surface area contributed by atoms with Gasteiger partial charge in [0.05, 0.1) is 5.39 Å². The van der Waals surface area contributed by atoms with Crippen molar-refractivity contribution in [3.63, 3.8) is 0 Å². The predicted octanol–water partition coefficient (Wildman–Crippen LogP) is 3.99. The van der Waals surface area contributed by atoms with Crippen molar-refractivity contribution in [1.29, 1.82) is 0 Å². The lowest BCUT2D eigenvalue weighted by Crippen LogP contribution is -1.93. The first kappa shape index (κ1) is 9.39. The Morgan fingerprint density at radius 3 is 1.62 bits per heavy atom. The van der Waals surface area contributed by atoms with Crippen molar-refractivity contribution >= 4 is 21.5 Å². The van der Waals surface area contributed by atoms with Crippen LogP contribution in [0.1, 0.15) is 0 Å². The summed E-state index contributed by atoms with van der Waals surface area (Å²) >= 11 is 0. The number of hydrogen-bond donors (Lipinski definition) is 0. The summed E-state index contributed by atoms with van der Waals surface area (Å²) in [4.78, 5) is 0. The Kier molecular flexibility index (Phi) is 1.67. The van der Waals surface area contributed by atoms with E-state index in [2.05, 4.69) is 0 Å². The molecule has 4 aromatic carbocycles. The van der Waals surface area contributed by atoms with Crippen LogP contribution in [0.2, 0.25) is 0 Å². The van der Waals surface area contributed by atoms with Crippen molar-refractivity contribution in [2.24, 2.45) is 0 Å². The average Bonchev–Trinajstić information content (AvgIpc) is 2.20. The van der Waals surface area contributed by atoms with E-state index >= 15 is 0 Å². The maximum absolute atomic E-state index is 13.3. The molecule has 0 saturated carbocycles. The molecule has 0 heterocycles. The molecule has 0 saturated heterocycles. The second-order valence-corrected chi connectivity index (χ2v) is 3.63. The number of fused-ring (bicyclic) bond motifs is 2. The fourth-order valence-electron chi connectivity index (χ4n) is 1.98. The van der Waals surface area contributed by atoms with Gasteiger partial charge in [0.25, 0.3) is 0 Å². The van der Waals surface area contributed by atoms with Gasteiger partial charge in [0.15, 0.2) is 11.6 Å². The van der Waals surface area contributed by atoms with Gasteiger partial charge in [-0.2, -0.15) is 0 Å². The quantitative estimate of drug-likeness (QED) is 0.506. The monoisotopic (exact) mass is 224 g/mol. The van der Waals surface area contributed by atoms with Gasteiger partial charge in [-0.1, -0.05) is 0 Å². The van der Waals surface area contributed by atoms with Crippen LogP contribution in [0.4, 0.5) is 17.6 Å². The van der Waals surface area contributed by atoms with E-state index in [0.717, 1.165) is 24.3 Å². The zero-order chi connectivity index (χ0) is 11.4. The predicted molar refractivity (Wildman–Crippen MR) is 52.5 cm³/mol. The van der Waals surface area contributed by atoms with E-state index in [1.807, 2.05) is 0 Å². The van der Waals surface area contributed by atoms with Crippen LogP contribution in [0.15, 0.2) is 24.3 Å². The van der Waals surface area contributed by atoms with Crippen molar-refractivity contribution in [1.82, 2.24) is 0 Å². The van der Waals surface area contributed by atoms with E-state index in [-0.39, 0.29) is 16.2 Å². The van der Waals surface area contributed by atoms with Crippen LogP contribution in [0.5, 0.6) is 0 Å². The Morgan fingerprint density at radius 2 is 1.06 bits per heavy atom. The topological polar surface area (TPSA) is 0 Å². The Morgan fingerprint density at radius 1 is 0.562 bits per heavy atom. The maximum atomic E-state index is 13.3. The van der Waals surface area contributed by atoms with Crippen molar-refractivity contribution in [2.75, 3.05) is 0 Å². The van der Waals surface area contributed by atoms with Crippen LogP contribution >= 0.6 is 0 Å². The molecule has 0 aliphatic rings. The average molecular weight is 224 g/mol. The Labute approximate surface area is 87.4 Å². The summed E-state index contributed by atoms with van der Waals surface area (Å²) in [6.07, 6.45) is 0. The second-order valence-electron chi connectivity index (χ2n) is 3.63. The van der Waals surface area contributed by atoms with Gasteiger partial charge in [-0.3, -0.25) is 0 Å². The molecular formula is C12H4F4. The minimum absolute atomic E-state index is 0.0638. The van der Waals surface area contributed by atoms with E-state index in [9.17, 15) is 17.6 Å². The smallest absolute Gasteiger partial charge is 0.159 e. The van der Waals surface area contributed by atoms with Crippen LogP contribution in [0, 0.1) is 23.3 Å². The molecule has 4 rings (SSSR count). The number of rotatable bonds is 0. The molecule has 4 heteroatoms. The normalized spacial score (nSPS) is 11.8. The number of halogens is 4. The molecule has 0 radical (unpaired) electrons. The van der Waals surface area contributed by atoms with Gasteiger partial charge in [0, 0.05) is 0 Å². The van der Waals surface area contributed by atoms with E-state index in [1.165, 1.54) is 0 Å². The van der Waals surface area contributed by atoms with Crippen LogP contribution in [0.3, 0.4) is 0 Å². The lowest BCUT2D eigenvalue weighted by atomic mass is 9.98. The fraction of sp³-hybridized carbons (Fsp3) is 0. The molecule has 0 amide bonds. The third kappa shape index (κ3) is 1.04. The Balaban J connectivity index is 2.64. The number of hydrogen-bond acceptors (Lipinski definition) is 0. The largest absolute Gasteiger partial charge is 0.206 e. The molecule has 4 aromatic rings. The van der Waals surface area contributed by atoms with Gasteiger partial charge in [0.2, 0.25) is 0 Å². The van der Waals surface area contributed by atoms with Crippen molar-refractivity contribution < 1.29 is 17.6 Å². The minimum atomic E-state index is -1.11. The van der Waals surface area contributed by atoms with E-state index in [4.69, 9.17) is 0 Å². The fourth-order valence-corrected chi connectivity index (χ4v) is 1.98. The lowest BCUT2D eigenvalue weighted by molar-refractivity contribution is 0.511. The SMILES string of the molecule is Fc1cc2c3cc(F)c(c(F)c3)c2cc1F. The van der Waals surface area contributed by atoms with Crippen molar-refractivity contribution in [3.05, 3.63) is 47.5 Å². The standard InChI is InChI=1S/C12H4F4/c13-8-3-6-5-1-10(15)12(11(16)2-5)7(6)4-9(8)14/h1-4H. The molecule has 0 unspecified atom stereocenters. The Hall–Kier alpha value is -1.84. The van der Waals surface area contributed by atoms with Gasteiger partial charge < -0.3 is 0 Å². The van der Waals surface area contributed by atoms with Crippen molar-refractivity contribution in [3.8, 4) is 0 Å². The summed E-state index contributed by atoms with van der Waals surface area (Å²) < 4.78 is 52.7. The van der Waals surface area contributed by atoms with Gasteiger partial charge in [-0.15, -0.1) is 0 Å². The van der Waals surface area contributed by atoms with Crippen LogP contribution < -0.4 is 0 Å². The highest BCUT2D eigenvalue weighted by Crippen LogP contribution is 2.34. The molecule has 2 bridgehead atoms. The van der Waals surface area contributed by atoms with Crippen LogP contribution in [0.25, 0.3) is 21.5 Å². The van der Waals surface area contributed by atoms with Crippen LogP contribution in [-0.4, -0.2) is 0 Å². The zero-order valence-electron chi connectivity index (χ0n) is 7.82. The second kappa shape index (κ2) is 2.84. The first-order valence-corrected chi connectivity index (χ1v) is 4.57. The Bertz CT molecular complexity index is 677. The van der Waals surface area contributed by atoms with Gasteiger partial charge >= 0.3 is 0 Å². The summed E-state index contributed by atoms with van der Waals surface area (Å²) in [5, 5.41) is 0.299. The van der Waals surface area contributed by atoms with Crippen LogP contribution in [-0.2, 0) is 0 Å². The molecule has 0 fully saturated rings. The van der Waals surface area contributed by atoms with Gasteiger partial charge in [-0.25, -0.2) is 17.6 Å². The third-order valence-electron chi connectivity index (χ3n) is 2.68. The summed E-state index contributed by atoms with van der Waals surface area (Å²) in [6, 6.07) is 3.99. The summed E-state index contributed by atoms with van der Waals surface area (Å²) in [6.45, 7) is 0. The van der Waals surface area contributed by atoms with E-state index in [0.29, 0.717) is 5.39 Å². The molecule has 0 aromatic heterocycles. The molecular weight excluding hydrogens is 220 g/mol. The highest BCUT2D eigenvalue weighted by Gasteiger charge is 2.16. The molecule has 0 atom stereocenters. The molecule has 0 aliphatic carbocycles. The van der Waals surface area contributed by atoms with Crippen molar-refractivity contribution in [2.45, 2.75) is 0 Å². The maximum Gasteiger partial charge on any atom is 0.159 e. The molecule has 0 aliphatic heterocycles. The first-order chi connectivity index (χ1) is 7.58. The minimum Gasteiger partial charge on any atom is -0.206 e. The summed E-state index contributed by atoms with van der Waals surface area (Å²) in [5.74, 6) is -3.65. The van der Waals surface area contributed by atoms with E-state index in [1.54, 1.807) is 0 Å². The summed E-state index contributed by atoms with van der Waals surface area (Å²) in [7, 11) is 0. The highest BCUT2D eigenvalue weighted by molar-refractivity contribution is 6.10. The molecule has 16 heavy (non-hydrogen) atoms. The van der Waals surface area contributed by atoms with Gasteiger partial charge in [-0.05, 0) is 40.4 Å². The zero-order valence-corrected chi connectivity index (χ0v) is 7.82. The highest BCUT2D eigenvalue weighted by atomic mass is 19.2. The van der Waals surface area contributed by atoms with E-state index < -0.39 is 23.3 Å².